The van der Waals surface area contributed by atoms with E-state index < -0.39 is 17.8 Å². The second kappa shape index (κ2) is 6.47. The molecule has 2 amide bonds. The molecule has 0 unspecified atom stereocenters. The molecule has 2 aromatic carbocycles. The van der Waals surface area contributed by atoms with E-state index in [2.05, 4.69) is 10.6 Å². The quantitative estimate of drug-likeness (QED) is 0.745. The first kappa shape index (κ1) is 16.5. The third kappa shape index (κ3) is 4.29. The van der Waals surface area contributed by atoms with Crippen LogP contribution in [0.4, 0.5) is 29.3 Å². The summed E-state index contributed by atoms with van der Waals surface area (Å²) in [6, 6.07) is 7.60. The van der Waals surface area contributed by atoms with Crippen LogP contribution in [0.25, 0.3) is 0 Å². The molecule has 0 aliphatic rings. The number of hydrogen-bond donors (Lipinski definition) is 3. The molecular formula is C15H13F3N2O3. The van der Waals surface area contributed by atoms with E-state index in [1.54, 1.807) is 0 Å². The van der Waals surface area contributed by atoms with Crippen LogP contribution in [0.15, 0.2) is 42.5 Å². The second-order valence-corrected chi connectivity index (χ2v) is 4.54. The predicted octanol–water partition coefficient (Wildman–Crippen LogP) is 4.06. The van der Waals surface area contributed by atoms with Crippen LogP contribution in [-0.2, 0) is 6.18 Å². The number of phenolic OH excluding ortho intramolecular Hbond substituents is 1. The zero-order chi connectivity index (χ0) is 17.0. The van der Waals surface area contributed by atoms with Gasteiger partial charge in [0.05, 0.1) is 18.4 Å². The molecule has 3 N–H and O–H groups in total. The number of halogens is 3. The molecule has 0 heterocycles. The Bertz CT molecular complexity index is 717. The van der Waals surface area contributed by atoms with E-state index in [9.17, 15) is 23.1 Å². The number of hydrogen-bond acceptors (Lipinski definition) is 3. The summed E-state index contributed by atoms with van der Waals surface area (Å²) < 4.78 is 42.8. The molecule has 122 valence electrons. The number of aromatic hydroxyl groups is 1. The second-order valence-electron chi connectivity index (χ2n) is 4.54. The zero-order valence-corrected chi connectivity index (χ0v) is 11.9. The van der Waals surface area contributed by atoms with Gasteiger partial charge in [-0.3, -0.25) is 0 Å². The number of carbonyl (C=O) groups excluding carboxylic acids is 1. The van der Waals surface area contributed by atoms with Crippen molar-refractivity contribution in [2.45, 2.75) is 6.18 Å². The van der Waals surface area contributed by atoms with Crippen molar-refractivity contribution in [2.24, 2.45) is 0 Å². The van der Waals surface area contributed by atoms with E-state index >= 15 is 0 Å². The Morgan fingerprint density at radius 1 is 1.13 bits per heavy atom. The Balaban J connectivity index is 2.11. The highest BCUT2D eigenvalue weighted by molar-refractivity contribution is 6.00. The van der Waals surface area contributed by atoms with E-state index in [0.29, 0.717) is 5.75 Å². The Hall–Kier alpha value is -2.90. The smallest absolute Gasteiger partial charge is 0.416 e. The van der Waals surface area contributed by atoms with Crippen molar-refractivity contribution < 1.29 is 27.8 Å². The molecule has 23 heavy (non-hydrogen) atoms. The van der Waals surface area contributed by atoms with Crippen LogP contribution in [0, 0.1) is 0 Å². The van der Waals surface area contributed by atoms with Crippen LogP contribution in [0.1, 0.15) is 5.56 Å². The number of anilines is 2. The molecule has 0 radical (unpaired) electrons. The van der Waals surface area contributed by atoms with Crippen LogP contribution >= 0.6 is 0 Å². The lowest BCUT2D eigenvalue weighted by Gasteiger charge is -2.12. The minimum Gasteiger partial charge on any atom is -0.506 e. The van der Waals surface area contributed by atoms with Crippen molar-refractivity contribution in [2.75, 3.05) is 17.7 Å². The average molecular weight is 326 g/mol. The zero-order valence-electron chi connectivity index (χ0n) is 11.9. The van der Waals surface area contributed by atoms with E-state index in [1.165, 1.54) is 37.4 Å². The summed E-state index contributed by atoms with van der Waals surface area (Å²) in [5.41, 5.74) is -0.840. The van der Waals surface area contributed by atoms with Crippen molar-refractivity contribution in [3.05, 3.63) is 48.0 Å². The number of urea groups is 1. The summed E-state index contributed by atoms with van der Waals surface area (Å²) in [5.74, 6) is 0.196. The van der Waals surface area contributed by atoms with Gasteiger partial charge in [0.25, 0.3) is 0 Å². The van der Waals surface area contributed by atoms with Crippen LogP contribution in [0.5, 0.6) is 11.5 Å². The molecule has 2 rings (SSSR count). The summed E-state index contributed by atoms with van der Waals surface area (Å²) >= 11 is 0. The normalized spacial score (nSPS) is 11.0. The van der Waals surface area contributed by atoms with E-state index in [4.69, 9.17) is 4.74 Å². The summed E-state index contributed by atoms with van der Waals surface area (Å²) in [6.45, 7) is 0. The number of rotatable bonds is 3. The summed E-state index contributed by atoms with van der Waals surface area (Å²) in [4.78, 5) is 11.8. The lowest BCUT2D eigenvalue weighted by Crippen LogP contribution is -2.20. The van der Waals surface area contributed by atoms with Gasteiger partial charge in [-0.2, -0.15) is 13.2 Å². The minimum atomic E-state index is -4.50. The van der Waals surface area contributed by atoms with Crippen molar-refractivity contribution in [3.63, 3.8) is 0 Å². The summed E-state index contributed by atoms with van der Waals surface area (Å²) in [5, 5.41) is 14.2. The standard InChI is InChI=1S/C15H13F3N2O3/c1-23-11-5-6-13(21)12(8-11)20-14(22)19-10-4-2-3-9(7-10)15(16,17)18/h2-8,21H,1H3,(H2,19,20,22). The number of phenols is 1. The molecule has 8 heteroatoms. The Kier molecular flexibility index (Phi) is 4.63. The lowest BCUT2D eigenvalue weighted by atomic mass is 10.2. The molecule has 0 saturated heterocycles. The molecule has 2 aromatic rings. The fourth-order valence-electron chi connectivity index (χ4n) is 1.80. The first-order valence-corrected chi connectivity index (χ1v) is 6.42. The molecule has 0 bridgehead atoms. The van der Waals surface area contributed by atoms with Gasteiger partial charge < -0.3 is 20.5 Å². The van der Waals surface area contributed by atoms with E-state index in [-0.39, 0.29) is 17.1 Å². The Morgan fingerprint density at radius 3 is 2.52 bits per heavy atom. The van der Waals surface area contributed by atoms with Crippen LogP contribution in [-0.4, -0.2) is 18.2 Å². The molecule has 0 aromatic heterocycles. The van der Waals surface area contributed by atoms with Crippen LogP contribution in [0.2, 0.25) is 0 Å². The molecular weight excluding hydrogens is 313 g/mol. The van der Waals surface area contributed by atoms with E-state index in [1.807, 2.05) is 0 Å². The van der Waals surface area contributed by atoms with Gasteiger partial charge in [-0.15, -0.1) is 0 Å². The minimum absolute atomic E-state index is 0.0280. The first-order chi connectivity index (χ1) is 10.8. The number of methoxy groups -OCH3 is 1. The van der Waals surface area contributed by atoms with Crippen molar-refractivity contribution >= 4 is 17.4 Å². The highest BCUT2D eigenvalue weighted by atomic mass is 19.4. The predicted molar refractivity (Wildman–Crippen MR) is 78.7 cm³/mol. The van der Waals surface area contributed by atoms with Gasteiger partial charge in [0.15, 0.2) is 0 Å². The number of alkyl halides is 3. The molecule has 0 spiro atoms. The molecule has 0 aliphatic carbocycles. The van der Waals surface area contributed by atoms with Crippen LogP contribution < -0.4 is 15.4 Å². The molecule has 0 atom stereocenters. The molecule has 0 aliphatic heterocycles. The molecule has 5 nitrogen and oxygen atoms in total. The Morgan fingerprint density at radius 2 is 1.87 bits per heavy atom. The van der Waals surface area contributed by atoms with Crippen LogP contribution in [0.3, 0.4) is 0 Å². The van der Waals surface area contributed by atoms with Gasteiger partial charge in [-0.05, 0) is 30.3 Å². The summed E-state index contributed by atoms with van der Waals surface area (Å²) in [7, 11) is 1.42. The van der Waals surface area contributed by atoms with E-state index in [0.717, 1.165) is 12.1 Å². The van der Waals surface area contributed by atoms with Gasteiger partial charge in [-0.1, -0.05) is 6.07 Å². The highest BCUT2D eigenvalue weighted by Crippen LogP contribution is 2.31. The lowest BCUT2D eigenvalue weighted by molar-refractivity contribution is -0.137. The number of benzene rings is 2. The van der Waals surface area contributed by atoms with Gasteiger partial charge in [-0.25, -0.2) is 4.79 Å². The fourth-order valence-corrected chi connectivity index (χ4v) is 1.80. The maximum atomic E-state index is 12.6. The monoisotopic (exact) mass is 326 g/mol. The van der Waals surface area contributed by atoms with Gasteiger partial charge in [0, 0.05) is 11.8 Å². The number of nitrogens with one attached hydrogen (secondary N) is 2. The largest absolute Gasteiger partial charge is 0.506 e. The third-order valence-corrected chi connectivity index (χ3v) is 2.90. The van der Waals surface area contributed by atoms with Crippen molar-refractivity contribution in [1.29, 1.82) is 0 Å². The topological polar surface area (TPSA) is 70.6 Å². The third-order valence-electron chi connectivity index (χ3n) is 2.90. The van der Waals surface area contributed by atoms with Gasteiger partial charge in [0.2, 0.25) is 0 Å². The number of ether oxygens (including phenoxy) is 1. The maximum Gasteiger partial charge on any atom is 0.416 e. The first-order valence-electron chi connectivity index (χ1n) is 6.42. The highest BCUT2D eigenvalue weighted by Gasteiger charge is 2.30. The number of carbonyl (C=O) groups is 1. The van der Waals surface area contributed by atoms with Crippen molar-refractivity contribution in [3.8, 4) is 11.5 Å². The fraction of sp³-hybridized carbons (Fsp3) is 0.133. The summed E-state index contributed by atoms with van der Waals surface area (Å²) in [6.07, 6.45) is -4.50. The molecule has 0 fully saturated rings. The maximum absolute atomic E-state index is 12.6. The Labute approximate surface area is 129 Å². The molecule has 0 saturated carbocycles. The van der Waals surface area contributed by atoms with Gasteiger partial charge in [0.1, 0.15) is 11.5 Å². The van der Waals surface area contributed by atoms with Crippen molar-refractivity contribution in [1.82, 2.24) is 0 Å². The average Bonchev–Trinajstić information content (AvgIpc) is 2.49. The number of amides is 2. The SMILES string of the molecule is COc1ccc(O)c(NC(=O)Nc2cccc(C(F)(F)F)c2)c1. The van der Waals surface area contributed by atoms with Gasteiger partial charge >= 0.3 is 12.2 Å².